The van der Waals surface area contributed by atoms with E-state index in [1.165, 1.54) is 31.0 Å². The van der Waals surface area contributed by atoms with Gasteiger partial charge in [-0.05, 0) is 50.1 Å². The van der Waals surface area contributed by atoms with Crippen LogP contribution < -0.4 is 0 Å². The smallest absolute Gasteiger partial charge is 0.220 e. The minimum atomic E-state index is -0.429. The fraction of sp³-hybridized carbons (Fsp3) is 0.412. The molecule has 2 aromatic rings. The first-order valence-electron chi connectivity index (χ1n) is 7.52. The maximum atomic E-state index is 13.8. The third-order valence-corrected chi connectivity index (χ3v) is 5.14. The molecule has 2 aromatic heterocycles. The van der Waals surface area contributed by atoms with Crippen molar-refractivity contribution in [3.05, 3.63) is 48.3 Å². The van der Waals surface area contributed by atoms with Crippen molar-refractivity contribution in [1.82, 2.24) is 14.9 Å². The first-order valence-corrected chi connectivity index (χ1v) is 7.52. The van der Waals surface area contributed by atoms with Crippen LogP contribution in [0.15, 0.2) is 36.8 Å². The van der Waals surface area contributed by atoms with Gasteiger partial charge in [0.1, 0.15) is 0 Å². The summed E-state index contributed by atoms with van der Waals surface area (Å²) >= 11 is 0. The van der Waals surface area contributed by atoms with E-state index in [1.54, 1.807) is 18.3 Å². The van der Waals surface area contributed by atoms with Crippen LogP contribution in [0.1, 0.15) is 30.7 Å². The molecule has 0 spiro atoms. The van der Waals surface area contributed by atoms with E-state index in [2.05, 4.69) is 28.0 Å². The largest absolute Gasteiger partial charge is 0.300 e. The van der Waals surface area contributed by atoms with E-state index >= 15 is 0 Å². The topological polar surface area (TPSA) is 29.0 Å². The molecule has 108 valence electrons. The van der Waals surface area contributed by atoms with Crippen molar-refractivity contribution in [2.75, 3.05) is 7.05 Å². The Morgan fingerprint density at radius 3 is 2.90 bits per heavy atom. The van der Waals surface area contributed by atoms with Crippen LogP contribution in [0.25, 0.3) is 11.1 Å². The molecule has 3 nitrogen and oxygen atoms in total. The first kappa shape index (κ1) is 12.9. The molecule has 0 aliphatic carbocycles. The zero-order valence-corrected chi connectivity index (χ0v) is 12.0. The fourth-order valence-electron chi connectivity index (χ4n) is 4.03. The average molecular weight is 283 g/mol. The molecule has 2 bridgehead atoms. The van der Waals surface area contributed by atoms with Crippen molar-refractivity contribution >= 4 is 0 Å². The minimum absolute atomic E-state index is 0.429. The number of likely N-dealkylation sites (N-methyl/N-ethyl adjacent to an activating group) is 1. The Labute approximate surface area is 123 Å². The molecule has 2 aliphatic heterocycles. The van der Waals surface area contributed by atoms with E-state index in [0.29, 0.717) is 23.6 Å². The third-order valence-electron chi connectivity index (χ3n) is 5.14. The van der Waals surface area contributed by atoms with Crippen molar-refractivity contribution in [3.8, 4) is 11.1 Å². The highest BCUT2D eigenvalue weighted by atomic mass is 19.1. The molecule has 0 radical (unpaired) electrons. The number of nitrogens with zero attached hydrogens (tertiary/aromatic N) is 3. The highest BCUT2D eigenvalue weighted by molar-refractivity contribution is 5.62. The summed E-state index contributed by atoms with van der Waals surface area (Å²) in [6.45, 7) is 0. The highest BCUT2D eigenvalue weighted by Gasteiger charge is 2.44. The van der Waals surface area contributed by atoms with E-state index in [4.69, 9.17) is 0 Å². The van der Waals surface area contributed by atoms with Crippen molar-refractivity contribution in [2.45, 2.75) is 37.3 Å². The van der Waals surface area contributed by atoms with Gasteiger partial charge in [-0.3, -0.25) is 9.88 Å². The molecule has 0 aromatic carbocycles. The second kappa shape index (κ2) is 4.88. The van der Waals surface area contributed by atoms with E-state index in [0.717, 1.165) is 5.56 Å². The summed E-state index contributed by atoms with van der Waals surface area (Å²) in [5, 5.41) is 0. The molecule has 0 N–H and O–H groups in total. The van der Waals surface area contributed by atoms with Crippen LogP contribution in [0.4, 0.5) is 4.39 Å². The Balaban J connectivity index is 1.70. The molecule has 0 amide bonds. The predicted molar refractivity (Wildman–Crippen MR) is 79.4 cm³/mol. The molecule has 4 rings (SSSR count). The lowest BCUT2D eigenvalue weighted by molar-refractivity contribution is 0.307. The monoisotopic (exact) mass is 283 g/mol. The number of halogens is 1. The van der Waals surface area contributed by atoms with Crippen molar-refractivity contribution in [3.63, 3.8) is 0 Å². The van der Waals surface area contributed by atoms with E-state index in [9.17, 15) is 4.39 Å². The van der Waals surface area contributed by atoms with Gasteiger partial charge in [0.05, 0.1) is 0 Å². The number of pyridine rings is 2. The lowest BCUT2D eigenvalue weighted by Crippen LogP contribution is -2.25. The van der Waals surface area contributed by atoms with Crippen LogP contribution in [-0.4, -0.2) is 34.0 Å². The fourth-order valence-corrected chi connectivity index (χ4v) is 4.03. The SMILES string of the molecule is CN1[C@H]2CC[C@@H]1[C@@H](c1cncc(-c3cccnc3F)c1)C2. The molecule has 0 saturated carbocycles. The van der Waals surface area contributed by atoms with Gasteiger partial charge in [-0.2, -0.15) is 4.39 Å². The third kappa shape index (κ3) is 2.05. The molecule has 3 atom stereocenters. The lowest BCUT2D eigenvalue weighted by Gasteiger charge is -2.22. The van der Waals surface area contributed by atoms with Crippen LogP contribution >= 0.6 is 0 Å². The number of aromatic nitrogens is 2. The van der Waals surface area contributed by atoms with E-state index in [1.807, 2.05) is 6.20 Å². The maximum Gasteiger partial charge on any atom is 0.220 e. The number of hydrogen-bond acceptors (Lipinski definition) is 3. The quantitative estimate of drug-likeness (QED) is 0.792. The normalized spacial score (nSPS) is 28.2. The molecule has 4 heterocycles. The predicted octanol–water partition coefficient (Wildman–Crippen LogP) is 3.23. The molecule has 0 unspecified atom stereocenters. The Morgan fingerprint density at radius 2 is 2.19 bits per heavy atom. The average Bonchev–Trinajstić information content (AvgIpc) is 3.03. The molecule has 2 aliphatic rings. The van der Waals surface area contributed by atoms with Gasteiger partial charge >= 0.3 is 0 Å². The van der Waals surface area contributed by atoms with Crippen LogP contribution in [0, 0.1) is 5.95 Å². The van der Waals surface area contributed by atoms with Gasteiger partial charge in [0, 0.05) is 47.7 Å². The Morgan fingerprint density at radius 1 is 1.29 bits per heavy atom. The second-order valence-electron chi connectivity index (χ2n) is 6.15. The van der Waals surface area contributed by atoms with Crippen molar-refractivity contribution in [1.29, 1.82) is 0 Å². The van der Waals surface area contributed by atoms with Gasteiger partial charge in [0.15, 0.2) is 0 Å². The maximum absolute atomic E-state index is 13.8. The standard InChI is InChI=1S/C17H18FN3/c1-21-13-4-5-16(21)15(8-13)12-7-11(9-19-10-12)14-3-2-6-20-17(14)18/h2-3,6-7,9-10,13,15-16H,4-5,8H2,1H3/t13-,15+,16+/m0/s1. The van der Waals surface area contributed by atoms with E-state index in [-0.39, 0.29) is 0 Å². The summed E-state index contributed by atoms with van der Waals surface area (Å²) in [5.41, 5.74) is 2.58. The summed E-state index contributed by atoms with van der Waals surface area (Å²) in [6.07, 6.45) is 8.90. The Kier molecular flexibility index (Phi) is 3.00. The van der Waals surface area contributed by atoms with Crippen LogP contribution in [0.5, 0.6) is 0 Å². The summed E-state index contributed by atoms with van der Waals surface area (Å²) in [6, 6.07) is 6.93. The van der Waals surface area contributed by atoms with Gasteiger partial charge in [-0.15, -0.1) is 0 Å². The Hall–Kier alpha value is -1.81. The minimum Gasteiger partial charge on any atom is -0.300 e. The van der Waals surface area contributed by atoms with Crippen LogP contribution in [0.3, 0.4) is 0 Å². The molecule has 2 saturated heterocycles. The zero-order valence-electron chi connectivity index (χ0n) is 12.0. The molecule has 4 heteroatoms. The van der Waals surface area contributed by atoms with Crippen molar-refractivity contribution in [2.24, 2.45) is 0 Å². The summed E-state index contributed by atoms with van der Waals surface area (Å²) in [5.74, 6) is 0.0995. The molecule has 2 fully saturated rings. The van der Waals surface area contributed by atoms with Gasteiger partial charge < -0.3 is 0 Å². The lowest BCUT2D eigenvalue weighted by atomic mass is 9.84. The number of fused-ring (bicyclic) bond motifs is 2. The highest BCUT2D eigenvalue weighted by Crippen LogP contribution is 2.45. The van der Waals surface area contributed by atoms with Gasteiger partial charge in [0.2, 0.25) is 5.95 Å². The molecular formula is C17H18FN3. The zero-order chi connectivity index (χ0) is 14.4. The number of hydrogen-bond donors (Lipinski definition) is 0. The van der Waals surface area contributed by atoms with Gasteiger partial charge in [-0.25, -0.2) is 4.98 Å². The van der Waals surface area contributed by atoms with Crippen molar-refractivity contribution < 1.29 is 4.39 Å². The van der Waals surface area contributed by atoms with Crippen LogP contribution in [0.2, 0.25) is 0 Å². The first-order chi connectivity index (χ1) is 10.2. The van der Waals surface area contributed by atoms with E-state index < -0.39 is 5.95 Å². The number of rotatable bonds is 2. The van der Waals surface area contributed by atoms with Gasteiger partial charge in [0.25, 0.3) is 0 Å². The van der Waals surface area contributed by atoms with Crippen LogP contribution in [-0.2, 0) is 0 Å². The summed E-state index contributed by atoms with van der Waals surface area (Å²) in [7, 11) is 2.22. The second-order valence-corrected chi connectivity index (χ2v) is 6.15. The summed E-state index contributed by atoms with van der Waals surface area (Å²) in [4.78, 5) is 10.6. The summed E-state index contributed by atoms with van der Waals surface area (Å²) < 4.78 is 13.8. The van der Waals surface area contributed by atoms with Gasteiger partial charge in [-0.1, -0.05) is 0 Å². The molecular weight excluding hydrogens is 265 g/mol. The Bertz CT molecular complexity index is 673. The molecule has 21 heavy (non-hydrogen) atoms.